The topological polar surface area (TPSA) is 79.4 Å². The van der Waals surface area contributed by atoms with Crippen LogP contribution < -0.4 is 5.56 Å². The number of aromatic nitrogens is 1. The third kappa shape index (κ3) is 2.79. The number of hydrogen-bond acceptors (Lipinski definition) is 3. The highest BCUT2D eigenvalue weighted by Crippen LogP contribution is 2.52. The Bertz CT molecular complexity index is 701. The number of H-pyrrole nitrogens is 1. The number of rotatable bonds is 3. The maximum absolute atomic E-state index is 13.3. The molecule has 0 amide bonds. The van der Waals surface area contributed by atoms with Gasteiger partial charge in [0, 0.05) is 17.4 Å². The average molecular weight is 355 g/mol. The lowest BCUT2D eigenvalue weighted by molar-refractivity contribution is -0.273. The summed E-state index contributed by atoms with van der Waals surface area (Å²) in [6, 6.07) is 1.76. The van der Waals surface area contributed by atoms with Crippen molar-refractivity contribution < 1.29 is 36.6 Å². The molecule has 134 valence electrons. The van der Waals surface area contributed by atoms with Crippen molar-refractivity contribution >= 4 is 5.97 Å². The number of carboxylic acid groups (broad SMARTS) is 1. The van der Waals surface area contributed by atoms with Crippen LogP contribution in [-0.4, -0.2) is 33.9 Å². The minimum Gasteiger partial charge on any atom is -0.479 e. The number of nitrogens with one attached hydrogen (secondary N) is 1. The SMILES string of the molecule is CC1C(c2ccc(C(F)F)[nH]c2=O)[C@H](C(=O)O)OC1(C)C(F)(F)F. The lowest BCUT2D eigenvalue weighted by Gasteiger charge is -2.31. The van der Waals surface area contributed by atoms with Gasteiger partial charge in [0.1, 0.15) is 0 Å². The van der Waals surface area contributed by atoms with Crippen LogP contribution in [0, 0.1) is 5.92 Å². The maximum atomic E-state index is 13.3. The van der Waals surface area contributed by atoms with Gasteiger partial charge < -0.3 is 14.8 Å². The van der Waals surface area contributed by atoms with Crippen LogP contribution in [0.15, 0.2) is 16.9 Å². The predicted octanol–water partition coefficient (Wildman–Crippen LogP) is 2.84. The fraction of sp³-hybridized carbons (Fsp3) is 0.571. The predicted molar refractivity (Wildman–Crippen MR) is 70.9 cm³/mol. The summed E-state index contributed by atoms with van der Waals surface area (Å²) in [6.45, 7) is 1.82. The van der Waals surface area contributed by atoms with E-state index in [2.05, 4.69) is 0 Å². The third-order valence-corrected chi connectivity index (χ3v) is 4.47. The summed E-state index contributed by atoms with van der Waals surface area (Å²) in [5, 5.41) is 9.17. The highest BCUT2D eigenvalue weighted by atomic mass is 19.4. The van der Waals surface area contributed by atoms with E-state index in [0.29, 0.717) is 6.92 Å². The molecule has 1 aliphatic heterocycles. The highest BCUT2D eigenvalue weighted by molar-refractivity contribution is 5.74. The van der Waals surface area contributed by atoms with Gasteiger partial charge in [0.05, 0.1) is 5.69 Å². The molecule has 10 heteroatoms. The Morgan fingerprint density at radius 3 is 2.38 bits per heavy atom. The van der Waals surface area contributed by atoms with E-state index in [0.717, 1.165) is 19.1 Å². The van der Waals surface area contributed by atoms with Crippen molar-refractivity contribution in [3.05, 3.63) is 33.7 Å². The van der Waals surface area contributed by atoms with Crippen LogP contribution in [-0.2, 0) is 9.53 Å². The van der Waals surface area contributed by atoms with Crippen molar-refractivity contribution in [1.29, 1.82) is 0 Å². The summed E-state index contributed by atoms with van der Waals surface area (Å²) in [4.78, 5) is 25.2. The van der Waals surface area contributed by atoms with E-state index < -0.39 is 53.4 Å². The fourth-order valence-electron chi connectivity index (χ4n) is 2.90. The molecular weight excluding hydrogens is 341 g/mol. The van der Waals surface area contributed by atoms with Crippen molar-refractivity contribution in [2.45, 2.75) is 44.1 Å². The zero-order valence-corrected chi connectivity index (χ0v) is 12.5. The molecule has 0 saturated carbocycles. The molecule has 3 unspecified atom stereocenters. The van der Waals surface area contributed by atoms with E-state index >= 15 is 0 Å². The first-order valence-electron chi connectivity index (χ1n) is 6.88. The normalized spacial score (nSPS) is 30.8. The van der Waals surface area contributed by atoms with Crippen molar-refractivity contribution in [1.82, 2.24) is 4.98 Å². The molecule has 2 N–H and O–H groups in total. The van der Waals surface area contributed by atoms with Crippen LogP contribution in [0.4, 0.5) is 22.0 Å². The van der Waals surface area contributed by atoms with Crippen molar-refractivity contribution in [3.8, 4) is 0 Å². The molecule has 5 nitrogen and oxygen atoms in total. The summed E-state index contributed by atoms with van der Waals surface area (Å²) in [5.74, 6) is -4.53. The summed E-state index contributed by atoms with van der Waals surface area (Å²) >= 11 is 0. The van der Waals surface area contributed by atoms with Gasteiger partial charge in [0.25, 0.3) is 12.0 Å². The number of alkyl halides is 5. The van der Waals surface area contributed by atoms with Crippen molar-refractivity contribution in [2.24, 2.45) is 5.92 Å². The molecule has 1 fully saturated rings. The number of carboxylic acids is 1. The molecule has 2 heterocycles. The first-order chi connectivity index (χ1) is 10.9. The zero-order chi connectivity index (χ0) is 18.4. The first kappa shape index (κ1) is 18.4. The highest BCUT2D eigenvalue weighted by Gasteiger charge is 2.65. The van der Waals surface area contributed by atoms with Gasteiger partial charge in [-0.3, -0.25) is 4.79 Å². The van der Waals surface area contributed by atoms with E-state index in [4.69, 9.17) is 9.84 Å². The van der Waals surface area contributed by atoms with E-state index in [1.54, 1.807) is 0 Å². The number of aromatic amines is 1. The molecule has 2 rings (SSSR count). The minimum absolute atomic E-state index is 0.340. The summed E-state index contributed by atoms with van der Waals surface area (Å²) in [7, 11) is 0. The number of pyridine rings is 1. The molecule has 4 atom stereocenters. The molecule has 0 spiro atoms. The van der Waals surface area contributed by atoms with Crippen LogP contribution in [0.1, 0.15) is 37.4 Å². The Morgan fingerprint density at radius 2 is 1.96 bits per heavy atom. The van der Waals surface area contributed by atoms with Crippen LogP contribution in [0.5, 0.6) is 0 Å². The molecule has 0 aliphatic carbocycles. The quantitative estimate of drug-likeness (QED) is 0.818. The van der Waals surface area contributed by atoms with Crippen molar-refractivity contribution in [2.75, 3.05) is 0 Å². The van der Waals surface area contributed by atoms with Gasteiger partial charge >= 0.3 is 12.1 Å². The fourth-order valence-corrected chi connectivity index (χ4v) is 2.90. The molecule has 24 heavy (non-hydrogen) atoms. The molecule has 1 saturated heterocycles. The standard InChI is InChI=1S/C14H14F5NO4/c1-5-8(6-3-4-7(10(15)16)20-11(6)21)9(12(22)23)24-13(5,2)14(17,18)19/h3-5,8-10H,1-2H3,(H,20,21)(H,22,23)/t5?,8?,9-,13?/m1/s1. The third-order valence-electron chi connectivity index (χ3n) is 4.47. The molecule has 1 aromatic heterocycles. The van der Waals surface area contributed by atoms with Crippen molar-refractivity contribution in [3.63, 3.8) is 0 Å². The van der Waals surface area contributed by atoms with Crippen LogP contribution in [0.3, 0.4) is 0 Å². The van der Waals surface area contributed by atoms with Crippen LogP contribution in [0.2, 0.25) is 0 Å². The number of halogens is 5. The minimum atomic E-state index is -4.87. The molecule has 1 aliphatic rings. The van der Waals surface area contributed by atoms with Gasteiger partial charge in [0.2, 0.25) is 0 Å². The van der Waals surface area contributed by atoms with Gasteiger partial charge in [-0.05, 0) is 13.0 Å². The van der Waals surface area contributed by atoms with Crippen LogP contribution in [0.25, 0.3) is 0 Å². The zero-order valence-electron chi connectivity index (χ0n) is 12.5. The van der Waals surface area contributed by atoms with E-state index in [9.17, 15) is 31.5 Å². The van der Waals surface area contributed by atoms with Gasteiger partial charge in [-0.1, -0.05) is 13.0 Å². The lowest BCUT2D eigenvalue weighted by atomic mass is 9.77. The smallest absolute Gasteiger partial charge is 0.417 e. The maximum Gasteiger partial charge on any atom is 0.417 e. The Hall–Kier alpha value is -1.97. The van der Waals surface area contributed by atoms with E-state index in [1.807, 2.05) is 4.98 Å². The largest absolute Gasteiger partial charge is 0.479 e. The number of hydrogen-bond donors (Lipinski definition) is 2. The number of ether oxygens (including phenoxy) is 1. The second-order valence-corrected chi connectivity index (χ2v) is 5.79. The Kier molecular flexibility index (Phi) is 4.47. The molecule has 0 radical (unpaired) electrons. The summed E-state index contributed by atoms with van der Waals surface area (Å²) < 4.78 is 69.8. The van der Waals surface area contributed by atoms with Gasteiger partial charge in [-0.15, -0.1) is 0 Å². The van der Waals surface area contributed by atoms with Gasteiger partial charge in [0.15, 0.2) is 11.7 Å². The lowest BCUT2D eigenvalue weighted by Crippen LogP contribution is -2.47. The second kappa shape index (κ2) is 5.83. The second-order valence-electron chi connectivity index (χ2n) is 5.79. The molecular formula is C14H14F5NO4. The first-order valence-corrected chi connectivity index (χ1v) is 6.88. The molecule has 1 aromatic rings. The Balaban J connectivity index is 2.55. The molecule has 0 aromatic carbocycles. The summed E-state index contributed by atoms with van der Waals surface area (Å²) in [5.41, 5.74) is -4.90. The monoisotopic (exact) mass is 355 g/mol. The summed E-state index contributed by atoms with van der Waals surface area (Å²) in [6.07, 6.45) is -9.77. The average Bonchev–Trinajstić information content (AvgIpc) is 2.72. The van der Waals surface area contributed by atoms with E-state index in [-0.39, 0.29) is 5.56 Å². The number of carbonyl (C=O) groups is 1. The molecule has 0 bridgehead atoms. The Morgan fingerprint density at radius 1 is 1.38 bits per heavy atom. The number of aliphatic carboxylic acids is 1. The van der Waals surface area contributed by atoms with Gasteiger partial charge in [-0.2, -0.15) is 13.2 Å². The van der Waals surface area contributed by atoms with Gasteiger partial charge in [-0.25, -0.2) is 13.6 Å². The van der Waals surface area contributed by atoms with Crippen LogP contribution >= 0.6 is 0 Å². The Labute approximate surface area is 132 Å². The van der Waals surface area contributed by atoms with E-state index in [1.165, 1.54) is 0 Å².